The first-order valence-corrected chi connectivity index (χ1v) is 9.63. The molecule has 0 aliphatic heterocycles. The molecule has 4 rings (SSSR count). The zero-order chi connectivity index (χ0) is 18.8. The van der Waals surface area contributed by atoms with Gasteiger partial charge >= 0.3 is 0 Å². The third-order valence-electron chi connectivity index (χ3n) is 3.98. The van der Waals surface area contributed by atoms with Crippen molar-refractivity contribution in [1.82, 2.24) is 15.0 Å². The smallest absolute Gasteiger partial charge is 0.167 e. The second kappa shape index (κ2) is 7.62. The fourth-order valence-corrected chi connectivity index (χ4v) is 3.50. The highest BCUT2D eigenvalue weighted by Crippen LogP contribution is 2.31. The Morgan fingerprint density at radius 2 is 1.33 bits per heavy atom. The molecule has 0 saturated heterocycles. The molecule has 0 atom stereocenters. The molecular weight excluding hydrogens is 473 g/mol. The van der Waals surface area contributed by atoms with Gasteiger partial charge in [0.25, 0.3) is 0 Å². The number of hydrogen-bond acceptors (Lipinski definition) is 4. The molecule has 1 heterocycles. The van der Waals surface area contributed by atoms with E-state index in [4.69, 9.17) is 11.6 Å². The van der Waals surface area contributed by atoms with Crippen LogP contribution in [-0.2, 0) is 0 Å². The summed E-state index contributed by atoms with van der Waals surface area (Å²) in [7, 11) is 0. The van der Waals surface area contributed by atoms with Gasteiger partial charge in [0.2, 0.25) is 0 Å². The van der Waals surface area contributed by atoms with Gasteiger partial charge in [0.05, 0.1) is 5.56 Å². The van der Waals surface area contributed by atoms with Crippen molar-refractivity contribution < 1.29 is 5.11 Å². The van der Waals surface area contributed by atoms with Crippen molar-refractivity contribution in [2.75, 3.05) is 0 Å². The maximum atomic E-state index is 10.3. The standard InChI is InChI=1S/C21H13ClIN3O/c22-14-7-5-6-13(12-14)19-24-20(15-8-1-3-10-17(15)23)26-21(25-19)16-9-2-4-11-18(16)27/h1-12,27H. The molecule has 4 aromatic rings. The van der Waals surface area contributed by atoms with Crippen molar-refractivity contribution in [1.29, 1.82) is 0 Å². The summed E-state index contributed by atoms with van der Waals surface area (Å²) in [5.41, 5.74) is 2.24. The van der Waals surface area contributed by atoms with Gasteiger partial charge in [0.15, 0.2) is 17.5 Å². The minimum Gasteiger partial charge on any atom is -0.507 e. The minimum absolute atomic E-state index is 0.120. The molecular formula is C21H13ClIN3O. The number of rotatable bonds is 3. The predicted octanol–water partition coefficient (Wildman–Crippen LogP) is 5.84. The van der Waals surface area contributed by atoms with E-state index >= 15 is 0 Å². The first-order chi connectivity index (χ1) is 13.1. The molecule has 4 nitrogen and oxygen atoms in total. The maximum Gasteiger partial charge on any atom is 0.167 e. The number of hydrogen-bond donors (Lipinski definition) is 1. The molecule has 6 heteroatoms. The fourth-order valence-electron chi connectivity index (χ4n) is 2.68. The van der Waals surface area contributed by atoms with E-state index in [1.54, 1.807) is 24.3 Å². The van der Waals surface area contributed by atoms with Crippen LogP contribution in [0.3, 0.4) is 0 Å². The highest BCUT2D eigenvalue weighted by Gasteiger charge is 2.15. The molecule has 1 aromatic heterocycles. The summed E-state index contributed by atoms with van der Waals surface area (Å²) in [5, 5.41) is 10.9. The third kappa shape index (κ3) is 3.79. The monoisotopic (exact) mass is 485 g/mol. The fraction of sp³-hybridized carbons (Fsp3) is 0. The molecule has 132 valence electrons. The number of halogens is 2. The lowest BCUT2D eigenvalue weighted by molar-refractivity contribution is 0.477. The Hall–Kier alpha value is -2.51. The van der Waals surface area contributed by atoms with Crippen LogP contribution in [0.1, 0.15) is 0 Å². The summed E-state index contributed by atoms with van der Waals surface area (Å²) in [4.78, 5) is 13.9. The van der Waals surface area contributed by atoms with Gasteiger partial charge in [-0.2, -0.15) is 0 Å². The van der Waals surface area contributed by atoms with Crippen molar-refractivity contribution in [2.45, 2.75) is 0 Å². The lowest BCUT2D eigenvalue weighted by Crippen LogP contribution is -2.01. The van der Waals surface area contributed by atoms with Gasteiger partial charge in [0.1, 0.15) is 5.75 Å². The number of phenolic OH excluding ortho intramolecular Hbond substituents is 1. The zero-order valence-corrected chi connectivity index (χ0v) is 16.9. The second-order valence-electron chi connectivity index (χ2n) is 5.81. The molecule has 0 aliphatic carbocycles. The summed E-state index contributed by atoms with van der Waals surface area (Å²) in [6.45, 7) is 0. The van der Waals surface area contributed by atoms with Crippen LogP contribution in [0.25, 0.3) is 34.2 Å². The van der Waals surface area contributed by atoms with E-state index in [0.29, 0.717) is 28.1 Å². The molecule has 27 heavy (non-hydrogen) atoms. The Bertz CT molecular complexity index is 1070. The Balaban J connectivity index is 1.97. The molecule has 0 aliphatic rings. The number of benzene rings is 3. The number of phenols is 1. The molecule has 1 N–H and O–H groups in total. The molecule has 0 radical (unpaired) electrons. The van der Waals surface area contributed by atoms with Gasteiger partial charge in [-0.05, 0) is 52.9 Å². The van der Waals surface area contributed by atoms with E-state index in [1.807, 2.05) is 48.5 Å². The Morgan fingerprint density at radius 3 is 2.04 bits per heavy atom. The van der Waals surface area contributed by atoms with Crippen LogP contribution in [0.5, 0.6) is 5.75 Å². The molecule has 0 unspecified atom stereocenters. The Morgan fingerprint density at radius 1 is 0.704 bits per heavy atom. The largest absolute Gasteiger partial charge is 0.507 e. The van der Waals surface area contributed by atoms with Gasteiger partial charge in [-0.3, -0.25) is 0 Å². The second-order valence-corrected chi connectivity index (χ2v) is 7.41. The molecule has 0 spiro atoms. The third-order valence-corrected chi connectivity index (χ3v) is 5.15. The van der Waals surface area contributed by atoms with Crippen LogP contribution >= 0.6 is 34.2 Å². The lowest BCUT2D eigenvalue weighted by atomic mass is 10.1. The minimum atomic E-state index is 0.120. The summed E-state index contributed by atoms with van der Waals surface area (Å²) in [5.74, 6) is 1.57. The summed E-state index contributed by atoms with van der Waals surface area (Å²) in [6.07, 6.45) is 0. The quantitative estimate of drug-likeness (QED) is 0.371. The average molecular weight is 486 g/mol. The number of para-hydroxylation sites is 1. The predicted molar refractivity (Wildman–Crippen MR) is 116 cm³/mol. The first-order valence-electron chi connectivity index (χ1n) is 8.17. The van der Waals surface area contributed by atoms with Crippen molar-refractivity contribution >= 4 is 34.2 Å². The van der Waals surface area contributed by atoms with Gasteiger partial charge in [-0.15, -0.1) is 0 Å². The van der Waals surface area contributed by atoms with E-state index < -0.39 is 0 Å². The van der Waals surface area contributed by atoms with Crippen molar-refractivity contribution in [3.05, 3.63) is 81.4 Å². The van der Waals surface area contributed by atoms with E-state index in [2.05, 4.69) is 37.5 Å². The van der Waals surface area contributed by atoms with Crippen molar-refractivity contribution in [3.8, 4) is 39.9 Å². The van der Waals surface area contributed by atoms with E-state index in [1.165, 1.54) is 0 Å². The molecule has 3 aromatic carbocycles. The SMILES string of the molecule is Oc1ccccc1-c1nc(-c2cccc(Cl)c2)nc(-c2ccccc2I)n1. The van der Waals surface area contributed by atoms with Crippen LogP contribution in [0.4, 0.5) is 0 Å². The van der Waals surface area contributed by atoms with E-state index in [-0.39, 0.29) is 5.75 Å². The van der Waals surface area contributed by atoms with Gasteiger partial charge in [-0.1, -0.05) is 54.1 Å². The van der Waals surface area contributed by atoms with Crippen LogP contribution in [0.2, 0.25) is 5.02 Å². The average Bonchev–Trinajstić information content (AvgIpc) is 2.68. The number of aromatic nitrogens is 3. The summed E-state index contributed by atoms with van der Waals surface area (Å²) >= 11 is 8.40. The Kier molecular flexibility index (Phi) is 5.05. The van der Waals surface area contributed by atoms with Crippen LogP contribution in [0.15, 0.2) is 72.8 Å². The summed E-state index contributed by atoms with van der Waals surface area (Å²) < 4.78 is 1.03. The van der Waals surface area contributed by atoms with Gasteiger partial charge in [0, 0.05) is 19.7 Å². The highest BCUT2D eigenvalue weighted by atomic mass is 127. The zero-order valence-electron chi connectivity index (χ0n) is 14.0. The van der Waals surface area contributed by atoms with E-state index in [0.717, 1.165) is 14.7 Å². The van der Waals surface area contributed by atoms with Crippen molar-refractivity contribution in [3.63, 3.8) is 0 Å². The summed E-state index contributed by atoms with van der Waals surface area (Å²) in [6, 6.07) is 22.2. The van der Waals surface area contributed by atoms with Crippen molar-refractivity contribution in [2.24, 2.45) is 0 Å². The number of nitrogens with zero attached hydrogens (tertiary/aromatic N) is 3. The normalized spacial score (nSPS) is 10.7. The van der Waals surface area contributed by atoms with E-state index in [9.17, 15) is 5.11 Å². The number of aromatic hydroxyl groups is 1. The molecule has 0 bridgehead atoms. The topological polar surface area (TPSA) is 58.9 Å². The highest BCUT2D eigenvalue weighted by molar-refractivity contribution is 14.1. The maximum absolute atomic E-state index is 10.3. The Labute approximate surface area is 175 Å². The van der Waals surface area contributed by atoms with Crippen LogP contribution in [-0.4, -0.2) is 20.1 Å². The lowest BCUT2D eigenvalue weighted by Gasteiger charge is -2.10. The van der Waals surface area contributed by atoms with Gasteiger partial charge < -0.3 is 5.11 Å². The van der Waals surface area contributed by atoms with Crippen LogP contribution in [0, 0.1) is 3.57 Å². The molecule has 0 fully saturated rings. The van der Waals surface area contributed by atoms with Gasteiger partial charge in [-0.25, -0.2) is 15.0 Å². The molecule has 0 amide bonds. The first kappa shape index (κ1) is 17.9. The van der Waals surface area contributed by atoms with Crippen LogP contribution < -0.4 is 0 Å². The molecule has 0 saturated carbocycles.